The molecule has 0 aromatic heterocycles. The largest absolute Gasteiger partial charge is 0.495 e. The maximum Gasteiger partial charge on any atom is 0.247 e. The molecular formula is C19H24ClN3O6S2. The van der Waals surface area contributed by atoms with Crippen molar-refractivity contribution in [2.75, 3.05) is 34.8 Å². The third-order valence-electron chi connectivity index (χ3n) is 4.37. The van der Waals surface area contributed by atoms with Crippen molar-refractivity contribution < 1.29 is 26.4 Å². The number of likely N-dealkylation sites (N-methyl/N-ethyl adjacent to an activating group) is 1. The molecule has 0 saturated carbocycles. The summed E-state index contributed by atoms with van der Waals surface area (Å²) < 4.78 is 56.9. The van der Waals surface area contributed by atoms with E-state index in [0.29, 0.717) is 5.56 Å². The van der Waals surface area contributed by atoms with Gasteiger partial charge < -0.3 is 10.1 Å². The van der Waals surface area contributed by atoms with E-state index in [1.807, 2.05) is 0 Å². The monoisotopic (exact) mass is 489 g/mol. The maximum absolute atomic E-state index is 12.8. The molecule has 0 heterocycles. The average Bonchev–Trinajstić information content (AvgIpc) is 2.72. The van der Waals surface area contributed by atoms with Crippen LogP contribution in [0.5, 0.6) is 5.75 Å². The quantitative estimate of drug-likeness (QED) is 0.571. The van der Waals surface area contributed by atoms with Gasteiger partial charge in [0.05, 0.1) is 18.6 Å². The lowest BCUT2D eigenvalue weighted by molar-refractivity contribution is -0.121. The van der Waals surface area contributed by atoms with Crippen LogP contribution in [-0.4, -0.2) is 66.2 Å². The van der Waals surface area contributed by atoms with Crippen molar-refractivity contribution in [1.29, 1.82) is 0 Å². The van der Waals surface area contributed by atoms with Crippen LogP contribution in [-0.2, 0) is 31.4 Å². The molecule has 0 aliphatic rings. The Morgan fingerprint density at radius 1 is 1.00 bits per heavy atom. The summed E-state index contributed by atoms with van der Waals surface area (Å²) in [5, 5.41) is 2.83. The first-order valence-corrected chi connectivity index (χ1v) is 12.2. The summed E-state index contributed by atoms with van der Waals surface area (Å²) in [7, 11) is -2.07. The number of hydrogen-bond acceptors (Lipinski definition) is 6. The second-order valence-corrected chi connectivity index (χ2v) is 11.4. The maximum atomic E-state index is 12.8. The van der Waals surface area contributed by atoms with E-state index >= 15 is 0 Å². The van der Waals surface area contributed by atoms with Gasteiger partial charge in [-0.3, -0.25) is 4.79 Å². The second kappa shape index (κ2) is 9.96. The minimum Gasteiger partial charge on any atom is -0.495 e. The number of amides is 1. The summed E-state index contributed by atoms with van der Waals surface area (Å²) >= 11 is 5.91. The first-order valence-electron chi connectivity index (χ1n) is 8.97. The Kier molecular flexibility index (Phi) is 8.06. The fourth-order valence-electron chi connectivity index (χ4n) is 2.55. The van der Waals surface area contributed by atoms with Gasteiger partial charge in [0, 0.05) is 32.7 Å². The van der Waals surface area contributed by atoms with Crippen LogP contribution >= 0.6 is 11.6 Å². The van der Waals surface area contributed by atoms with E-state index in [2.05, 4.69) is 5.32 Å². The number of nitrogens with one attached hydrogen (secondary N) is 1. The molecule has 0 aliphatic carbocycles. The zero-order chi connectivity index (χ0) is 23.4. The normalized spacial score (nSPS) is 12.2. The van der Waals surface area contributed by atoms with Gasteiger partial charge in [-0.15, -0.1) is 0 Å². The summed E-state index contributed by atoms with van der Waals surface area (Å²) in [6, 6.07) is 10.2. The van der Waals surface area contributed by atoms with E-state index < -0.39 is 32.5 Å². The van der Waals surface area contributed by atoms with Gasteiger partial charge >= 0.3 is 0 Å². The lowest BCUT2D eigenvalue weighted by atomic mass is 10.2. The number of halogens is 1. The first kappa shape index (κ1) is 25.1. The van der Waals surface area contributed by atoms with Crippen LogP contribution < -0.4 is 10.1 Å². The van der Waals surface area contributed by atoms with Gasteiger partial charge in [0.25, 0.3) is 0 Å². The number of sulfonamides is 2. The van der Waals surface area contributed by atoms with Gasteiger partial charge in [-0.2, -0.15) is 4.31 Å². The molecule has 31 heavy (non-hydrogen) atoms. The number of hydrogen-bond donors (Lipinski definition) is 1. The number of benzene rings is 2. The van der Waals surface area contributed by atoms with Crippen LogP contribution in [0, 0.1) is 0 Å². The molecule has 0 spiro atoms. The molecule has 0 unspecified atom stereocenters. The van der Waals surface area contributed by atoms with Crippen molar-refractivity contribution in [2.45, 2.75) is 16.3 Å². The van der Waals surface area contributed by atoms with Crippen LogP contribution in [0.15, 0.2) is 52.3 Å². The topological polar surface area (TPSA) is 113 Å². The van der Waals surface area contributed by atoms with Gasteiger partial charge in [-0.05, 0) is 35.9 Å². The van der Waals surface area contributed by atoms with Gasteiger partial charge in [0.15, 0.2) is 0 Å². The Morgan fingerprint density at radius 2 is 1.61 bits per heavy atom. The Morgan fingerprint density at radius 3 is 2.16 bits per heavy atom. The number of rotatable bonds is 9. The molecule has 2 aromatic rings. The molecule has 0 radical (unpaired) electrons. The highest BCUT2D eigenvalue weighted by atomic mass is 35.5. The fraction of sp³-hybridized carbons (Fsp3) is 0.316. The number of ether oxygens (including phenoxy) is 1. The van der Waals surface area contributed by atoms with Crippen molar-refractivity contribution in [2.24, 2.45) is 0 Å². The minimum absolute atomic E-state index is 0.107. The highest BCUT2D eigenvalue weighted by Crippen LogP contribution is 2.29. The van der Waals surface area contributed by atoms with Gasteiger partial charge in [-0.1, -0.05) is 23.7 Å². The molecular weight excluding hydrogens is 466 g/mol. The smallest absolute Gasteiger partial charge is 0.247 e. The number of nitrogens with zero attached hydrogens (tertiary/aromatic N) is 2. The summed E-state index contributed by atoms with van der Waals surface area (Å²) in [6.07, 6.45) is 0. The van der Waals surface area contributed by atoms with Gasteiger partial charge in [0.1, 0.15) is 10.6 Å². The van der Waals surface area contributed by atoms with Crippen molar-refractivity contribution in [3.8, 4) is 5.75 Å². The van der Waals surface area contributed by atoms with Crippen LogP contribution in [0.1, 0.15) is 5.56 Å². The SMILES string of the molecule is COc1ccc(Cl)cc1S(=O)(=O)N(C)CC(=O)NCc1ccc(S(=O)(=O)N(C)C)cc1. The Bertz CT molecular complexity index is 1150. The molecule has 12 heteroatoms. The van der Waals surface area contributed by atoms with E-state index in [4.69, 9.17) is 16.3 Å². The number of carbonyl (C=O) groups excluding carboxylic acids is 1. The fourth-order valence-corrected chi connectivity index (χ4v) is 5.00. The Hall–Kier alpha value is -2.18. The van der Waals surface area contributed by atoms with Crippen molar-refractivity contribution in [1.82, 2.24) is 13.9 Å². The van der Waals surface area contributed by atoms with E-state index in [9.17, 15) is 21.6 Å². The van der Waals surface area contributed by atoms with Gasteiger partial charge in [0.2, 0.25) is 26.0 Å². The van der Waals surface area contributed by atoms with Gasteiger partial charge in [-0.25, -0.2) is 21.1 Å². The molecule has 0 aliphatic heterocycles. The summed E-state index contributed by atoms with van der Waals surface area (Å²) in [6.45, 7) is -0.319. The second-order valence-electron chi connectivity index (χ2n) is 6.76. The predicted molar refractivity (Wildman–Crippen MR) is 117 cm³/mol. The number of carbonyl (C=O) groups is 1. The first-order chi connectivity index (χ1) is 14.4. The Labute approximate surface area is 187 Å². The van der Waals surface area contributed by atoms with Crippen LogP contribution in [0.25, 0.3) is 0 Å². The van der Waals surface area contributed by atoms with Crippen LogP contribution in [0.2, 0.25) is 5.02 Å². The standard InChI is InChI=1S/C19H24ClN3O6S2/c1-22(2)30(25,26)16-8-5-14(6-9-16)12-21-19(24)13-23(3)31(27,28)18-11-15(20)7-10-17(18)29-4/h5-11H,12-13H2,1-4H3,(H,21,24). The van der Waals surface area contributed by atoms with Crippen LogP contribution in [0.3, 0.4) is 0 Å². The van der Waals surface area contributed by atoms with E-state index in [1.54, 1.807) is 12.1 Å². The molecule has 0 fully saturated rings. The number of methoxy groups -OCH3 is 1. The van der Waals surface area contributed by atoms with Crippen molar-refractivity contribution in [3.05, 3.63) is 53.1 Å². The predicted octanol–water partition coefficient (Wildman–Crippen LogP) is 1.54. The molecule has 0 saturated heterocycles. The molecule has 0 bridgehead atoms. The lowest BCUT2D eigenvalue weighted by Crippen LogP contribution is -2.38. The molecule has 1 N–H and O–H groups in total. The lowest BCUT2D eigenvalue weighted by Gasteiger charge is -2.19. The highest BCUT2D eigenvalue weighted by molar-refractivity contribution is 7.89. The summed E-state index contributed by atoms with van der Waals surface area (Å²) in [4.78, 5) is 12.3. The molecule has 170 valence electrons. The summed E-state index contributed by atoms with van der Waals surface area (Å²) in [5.41, 5.74) is 0.660. The summed E-state index contributed by atoms with van der Waals surface area (Å²) in [5.74, 6) is -0.415. The molecule has 9 nitrogen and oxygen atoms in total. The third-order valence-corrected chi connectivity index (χ3v) is 8.26. The molecule has 2 rings (SSSR count). The minimum atomic E-state index is -4.02. The van der Waals surface area contributed by atoms with Crippen LogP contribution in [0.4, 0.5) is 0 Å². The zero-order valence-corrected chi connectivity index (χ0v) is 19.9. The van der Waals surface area contributed by atoms with E-state index in [-0.39, 0.29) is 27.1 Å². The van der Waals surface area contributed by atoms with Crippen molar-refractivity contribution in [3.63, 3.8) is 0 Å². The molecule has 2 aromatic carbocycles. The van der Waals surface area contributed by atoms with E-state index in [0.717, 1.165) is 8.61 Å². The zero-order valence-electron chi connectivity index (χ0n) is 17.5. The van der Waals surface area contributed by atoms with E-state index in [1.165, 1.54) is 58.6 Å². The molecule has 1 amide bonds. The Balaban J connectivity index is 2.04. The third kappa shape index (κ3) is 5.95. The highest BCUT2D eigenvalue weighted by Gasteiger charge is 2.27. The van der Waals surface area contributed by atoms with Crippen molar-refractivity contribution >= 4 is 37.6 Å². The average molecular weight is 490 g/mol. The molecule has 0 atom stereocenters.